The fourth-order valence-electron chi connectivity index (χ4n) is 3.93. The van der Waals surface area contributed by atoms with Crippen molar-refractivity contribution in [1.82, 2.24) is 19.4 Å². The maximum atomic E-state index is 5.01. The van der Waals surface area contributed by atoms with Gasteiger partial charge in [-0.25, -0.2) is 9.97 Å². The van der Waals surface area contributed by atoms with Gasteiger partial charge in [-0.3, -0.25) is 0 Å². The van der Waals surface area contributed by atoms with Gasteiger partial charge in [-0.05, 0) is 64.6 Å². The highest BCUT2D eigenvalue weighted by molar-refractivity contribution is 5.71. The molecule has 0 spiro atoms. The fourth-order valence-corrected chi connectivity index (χ4v) is 3.93. The van der Waals surface area contributed by atoms with Crippen molar-refractivity contribution in [2.24, 2.45) is 0 Å². The molecule has 1 atom stereocenters. The van der Waals surface area contributed by atoms with Gasteiger partial charge in [0, 0.05) is 30.7 Å². The minimum absolute atomic E-state index is 0.561. The highest BCUT2D eigenvalue weighted by atomic mass is 15.2. The summed E-state index contributed by atoms with van der Waals surface area (Å²) in [6.45, 7) is 6.99. The topological polar surface area (TPSA) is 34.0 Å². The van der Waals surface area contributed by atoms with Crippen LogP contribution in [0, 0.1) is 0 Å². The summed E-state index contributed by atoms with van der Waals surface area (Å²) in [7, 11) is 0. The van der Waals surface area contributed by atoms with Gasteiger partial charge in [0.05, 0.1) is 0 Å². The molecule has 2 aromatic heterocycles. The van der Waals surface area contributed by atoms with Crippen LogP contribution in [-0.4, -0.2) is 38.6 Å². The third-order valence-electron chi connectivity index (χ3n) is 5.46. The van der Waals surface area contributed by atoms with Gasteiger partial charge < -0.3 is 9.47 Å². The van der Waals surface area contributed by atoms with Crippen LogP contribution < -0.4 is 0 Å². The summed E-state index contributed by atoms with van der Waals surface area (Å²) in [5.41, 5.74) is 2.18. The lowest BCUT2D eigenvalue weighted by molar-refractivity contribution is 0.161. The zero-order valence-electron chi connectivity index (χ0n) is 13.7. The Kier molecular flexibility index (Phi) is 3.65. The van der Waals surface area contributed by atoms with Gasteiger partial charge in [0.15, 0.2) is 5.65 Å². The zero-order chi connectivity index (χ0) is 15.1. The average molecular weight is 298 g/mol. The fraction of sp³-hybridized carbons (Fsp3) is 0.667. The van der Waals surface area contributed by atoms with E-state index < -0.39 is 0 Å². The summed E-state index contributed by atoms with van der Waals surface area (Å²) >= 11 is 0. The van der Waals surface area contributed by atoms with E-state index in [0.717, 1.165) is 17.7 Å². The van der Waals surface area contributed by atoms with Gasteiger partial charge in [-0.15, -0.1) is 0 Å². The maximum Gasteiger partial charge on any atom is 0.160 e. The number of aromatic nitrogens is 3. The van der Waals surface area contributed by atoms with Crippen LogP contribution in [-0.2, 0) is 0 Å². The first-order chi connectivity index (χ1) is 10.7. The standard InChI is InChI=1S/C18H26N4/c1-13(2)21-11-5-6-14(12-21)17-20-16-9-4-10-19-18(16)22(17)15-7-3-8-15/h4,9-10,13-15H,3,5-8,11-12H2,1-2H3. The van der Waals surface area contributed by atoms with Gasteiger partial charge in [-0.2, -0.15) is 0 Å². The largest absolute Gasteiger partial charge is 0.309 e. The summed E-state index contributed by atoms with van der Waals surface area (Å²) in [6, 6.07) is 5.38. The van der Waals surface area contributed by atoms with Crippen LogP contribution in [0.3, 0.4) is 0 Å². The first-order valence-electron chi connectivity index (χ1n) is 8.81. The number of hydrogen-bond acceptors (Lipinski definition) is 3. The highest BCUT2D eigenvalue weighted by Crippen LogP contribution is 2.38. The van der Waals surface area contributed by atoms with E-state index in [1.54, 1.807) is 0 Å². The highest BCUT2D eigenvalue weighted by Gasteiger charge is 2.31. The molecule has 118 valence electrons. The van der Waals surface area contributed by atoms with Crippen LogP contribution in [0.4, 0.5) is 0 Å². The Morgan fingerprint density at radius 2 is 2.05 bits per heavy atom. The summed E-state index contributed by atoms with van der Waals surface area (Å²) in [5, 5.41) is 0. The molecule has 0 radical (unpaired) electrons. The number of fused-ring (bicyclic) bond motifs is 1. The number of hydrogen-bond donors (Lipinski definition) is 0. The van der Waals surface area contributed by atoms with Crippen molar-refractivity contribution >= 4 is 11.2 Å². The monoisotopic (exact) mass is 298 g/mol. The van der Waals surface area contributed by atoms with Crippen molar-refractivity contribution in [3.8, 4) is 0 Å². The van der Waals surface area contributed by atoms with Crippen molar-refractivity contribution in [1.29, 1.82) is 0 Å². The Morgan fingerprint density at radius 1 is 1.18 bits per heavy atom. The van der Waals surface area contributed by atoms with E-state index in [1.165, 1.54) is 44.5 Å². The van der Waals surface area contributed by atoms with Crippen LogP contribution >= 0.6 is 0 Å². The molecule has 1 unspecified atom stereocenters. The van der Waals surface area contributed by atoms with Gasteiger partial charge in [0.2, 0.25) is 0 Å². The molecule has 0 N–H and O–H groups in total. The molecule has 0 bridgehead atoms. The Bertz CT molecular complexity index is 656. The smallest absolute Gasteiger partial charge is 0.160 e. The molecule has 1 aliphatic carbocycles. The number of likely N-dealkylation sites (tertiary alicyclic amines) is 1. The normalized spacial score (nSPS) is 24.0. The Balaban J connectivity index is 1.74. The predicted molar refractivity (Wildman–Crippen MR) is 89.1 cm³/mol. The predicted octanol–water partition coefficient (Wildman–Crippen LogP) is 3.74. The molecule has 22 heavy (non-hydrogen) atoms. The minimum Gasteiger partial charge on any atom is -0.309 e. The quantitative estimate of drug-likeness (QED) is 0.865. The van der Waals surface area contributed by atoms with Crippen LogP contribution in [0.15, 0.2) is 18.3 Å². The van der Waals surface area contributed by atoms with Gasteiger partial charge >= 0.3 is 0 Å². The molecule has 0 aromatic carbocycles. The number of piperidine rings is 1. The van der Waals surface area contributed by atoms with E-state index in [-0.39, 0.29) is 0 Å². The first-order valence-corrected chi connectivity index (χ1v) is 8.81. The van der Waals surface area contributed by atoms with E-state index in [1.807, 2.05) is 12.3 Å². The molecule has 4 rings (SSSR count). The molecule has 4 nitrogen and oxygen atoms in total. The Morgan fingerprint density at radius 3 is 2.77 bits per heavy atom. The van der Waals surface area contributed by atoms with Crippen molar-refractivity contribution in [3.63, 3.8) is 0 Å². The van der Waals surface area contributed by atoms with E-state index >= 15 is 0 Å². The van der Waals surface area contributed by atoms with Crippen LogP contribution in [0.5, 0.6) is 0 Å². The van der Waals surface area contributed by atoms with Crippen molar-refractivity contribution < 1.29 is 0 Å². The summed E-state index contributed by atoms with van der Waals surface area (Å²) < 4.78 is 2.48. The number of nitrogens with zero attached hydrogens (tertiary/aromatic N) is 4. The molecule has 1 saturated carbocycles. The molecule has 2 aliphatic rings. The molecule has 1 aliphatic heterocycles. The molecule has 1 saturated heterocycles. The summed E-state index contributed by atoms with van der Waals surface area (Å²) in [4.78, 5) is 12.3. The lowest BCUT2D eigenvalue weighted by Crippen LogP contribution is -2.40. The second kappa shape index (κ2) is 5.65. The summed E-state index contributed by atoms with van der Waals surface area (Å²) in [6.07, 6.45) is 8.37. The first kappa shape index (κ1) is 14.2. The molecular weight excluding hydrogens is 272 g/mol. The van der Waals surface area contributed by atoms with Crippen molar-refractivity contribution in [3.05, 3.63) is 24.2 Å². The molecular formula is C18H26N4. The number of rotatable bonds is 3. The third kappa shape index (κ3) is 2.34. The molecule has 0 amide bonds. The van der Waals surface area contributed by atoms with Crippen LogP contribution in [0.25, 0.3) is 11.2 Å². The van der Waals surface area contributed by atoms with E-state index in [2.05, 4.69) is 34.4 Å². The number of pyridine rings is 1. The SMILES string of the molecule is CC(C)N1CCCC(c2nc3cccnc3n2C2CCC2)C1. The van der Waals surface area contributed by atoms with Gasteiger partial charge in [0.1, 0.15) is 11.3 Å². The molecule has 2 aromatic rings. The van der Waals surface area contributed by atoms with Crippen LogP contribution in [0.1, 0.15) is 63.7 Å². The third-order valence-corrected chi connectivity index (χ3v) is 5.46. The Labute approximate surface area is 132 Å². The van der Waals surface area contributed by atoms with E-state index in [9.17, 15) is 0 Å². The molecule has 4 heteroatoms. The van der Waals surface area contributed by atoms with E-state index in [0.29, 0.717) is 18.0 Å². The lowest BCUT2D eigenvalue weighted by Gasteiger charge is -2.37. The molecule has 3 heterocycles. The number of imidazole rings is 1. The zero-order valence-corrected chi connectivity index (χ0v) is 13.7. The molecule has 2 fully saturated rings. The van der Waals surface area contributed by atoms with Crippen molar-refractivity contribution in [2.75, 3.05) is 13.1 Å². The second-order valence-electron chi connectivity index (χ2n) is 7.20. The lowest BCUT2D eigenvalue weighted by atomic mass is 9.91. The summed E-state index contributed by atoms with van der Waals surface area (Å²) in [5.74, 6) is 1.86. The maximum absolute atomic E-state index is 5.01. The van der Waals surface area contributed by atoms with E-state index in [4.69, 9.17) is 4.98 Å². The average Bonchev–Trinajstić information content (AvgIpc) is 2.85. The Hall–Kier alpha value is -1.42. The van der Waals surface area contributed by atoms with Crippen LogP contribution in [0.2, 0.25) is 0 Å². The minimum atomic E-state index is 0.561. The van der Waals surface area contributed by atoms with Gasteiger partial charge in [0.25, 0.3) is 0 Å². The second-order valence-corrected chi connectivity index (χ2v) is 7.20. The van der Waals surface area contributed by atoms with Crippen molar-refractivity contribution in [2.45, 2.75) is 64.0 Å². The van der Waals surface area contributed by atoms with Gasteiger partial charge in [-0.1, -0.05) is 0 Å².